The maximum absolute atomic E-state index is 12.9. The number of benzene rings is 2. The SMILES string of the molecule is COc1ccc([C@@H]2[C@@H](S(=O)(=O)c3ccc(Cl)cc3)[C@@]2(N)C#N)cc1. The average molecular weight is 363 g/mol. The van der Waals surface area contributed by atoms with Gasteiger partial charge in [0.25, 0.3) is 0 Å². The van der Waals surface area contributed by atoms with Crippen LogP contribution in [0.4, 0.5) is 0 Å². The second-order valence-corrected chi connectivity index (χ2v) is 8.22. The largest absolute Gasteiger partial charge is 0.497 e. The maximum Gasteiger partial charge on any atom is 0.184 e. The minimum atomic E-state index is -3.75. The fourth-order valence-electron chi connectivity index (χ4n) is 2.98. The normalized spacial score (nSPS) is 25.8. The first kappa shape index (κ1) is 16.8. The Bertz CT molecular complexity index is 904. The molecule has 0 aromatic heterocycles. The van der Waals surface area contributed by atoms with Crippen LogP contribution in [0.15, 0.2) is 53.4 Å². The topological polar surface area (TPSA) is 93.2 Å². The highest BCUT2D eigenvalue weighted by Gasteiger charge is 2.70. The summed E-state index contributed by atoms with van der Waals surface area (Å²) in [5, 5.41) is 8.88. The number of halogens is 1. The van der Waals surface area contributed by atoms with Gasteiger partial charge in [-0.1, -0.05) is 23.7 Å². The quantitative estimate of drug-likeness (QED) is 0.901. The van der Waals surface area contributed by atoms with Gasteiger partial charge in [-0.2, -0.15) is 5.26 Å². The van der Waals surface area contributed by atoms with Crippen LogP contribution in [0.1, 0.15) is 11.5 Å². The number of nitrogens with zero attached hydrogens (tertiary/aromatic N) is 1. The lowest BCUT2D eigenvalue weighted by Gasteiger charge is -2.05. The maximum atomic E-state index is 12.9. The van der Waals surface area contributed by atoms with E-state index in [2.05, 4.69) is 0 Å². The van der Waals surface area contributed by atoms with Crippen molar-refractivity contribution in [3.8, 4) is 11.8 Å². The summed E-state index contributed by atoms with van der Waals surface area (Å²) in [6, 6.07) is 14.7. The number of methoxy groups -OCH3 is 1. The summed E-state index contributed by atoms with van der Waals surface area (Å²) in [5.74, 6) is 0.0603. The van der Waals surface area contributed by atoms with Gasteiger partial charge in [-0.05, 0) is 42.0 Å². The zero-order valence-electron chi connectivity index (χ0n) is 12.8. The van der Waals surface area contributed by atoms with E-state index in [4.69, 9.17) is 22.1 Å². The van der Waals surface area contributed by atoms with Crippen LogP contribution in [0.5, 0.6) is 5.75 Å². The Balaban J connectivity index is 2.00. The molecule has 1 aliphatic rings. The lowest BCUT2D eigenvalue weighted by molar-refractivity contribution is 0.414. The molecule has 1 aliphatic carbocycles. The van der Waals surface area contributed by atoms with E-state index in [1.165, 1.54) is 24.3 Å². The third-order valence-corrected chi connectivity index (χ3v) is 6.84. The summed E-state index contributed by atoms with van der Waals surface area (Å²) in [4.78, 5) is 0.109. The Morgan fingerprint density at radius 1 is 1.17 bits per heavy atom. The number of nitriles is 1. The van der Waals surface area contributed by atoms with Gasteiger partial charge < -0.3 is 10.5 Å². The van der Waals surface area contributed by atoms with Gasteiger partial charge in [0.15, 0.2) is 9.84 Å². The van der Waals surface area contributed by atoms with Gasteiger partial charge >= 0.3 is 0 Å². The van der Waals surface area contributed by atoms with Crippen LogP contribution in [-0.2, 0) is 9.84 Å². The summed E-state index contributed by atoms with van der Waals surface area (Å²) < 4.78 is 30.9. The summed E-state index contributed by atoms with van der Waals surface area (Å²) in [6.07, 6.45) is 0. The zero-order chi connectivity index (χ0) is 17.5. The van der Waals surface area contributed by atoms with Crippen molar-refractivity contribution in [3.05, 3.63) is 59.1 Å². The molecule has 3 atom stereocenters. The molecule has 7 heteroatoms. The summed E-state index contributed by atoms with van der Waals surface area (Å²) in [5.41, 5.74) is 5.34. The molecular formula is C17H15ClN2O3S. The van der Waals surface area contributed by atoms with Crippen molar-refractivity contribution >= 4 is 21.4 Å². The van der Waals surface area contributed by atoms with E-state index in [1.54, 1.807) is 31.4 Å². The second kappa shape index (κ2) is 5.78. The Morgan fingerprint density at radius 3 is 2.25 bits per heavy atom. The Labute approximate surface area is 145 Å². The molecule has 0 radical (unpaired) electrons. The molecule has 1 saturated carbocycles. The van der Waals surface area contributed by atoms with Crippen LogP contribution in [-0.4, -0.2) is 26.3 Å². The minimum absolute atomic E-state index is 0.109. The van der Waals surface area contributed by atoms with Gasteiger partial charge in [0, 0.05) is 10.9 Å². The molecule has 2 aromatic carbocycles. The summed E-state index contributed by atoms with van der Waals surface area (Å²) in [6.45, 7) is 0. The first-order valence-corrected chi connectivity index (χ1v) is 9.10. The molecule has 0 saturated heterocycles. The van der Waals surface area contributed by atoms with E-state index >= 15 is 0 Å². The molecule has 0 heterocycles. The third-order valence-electron chi connectivity index (χ3n) is 4.32. The number of hydrogen-bond donors (Lipinski definition) is 1. The molecule has 0 amide bonds. The molecular weight excluding hydrogens is 348 g/mol. The van der Waals surface area contributed by atoms with Crippen LogP contribution >= 0.6 is 11.6 Å². The Kier molecular flexibility index (Phi) is 4.04. The van der Waals surface area contributed by atoms with Crippen LogP contribution in [0, 0.1) is 11.3 Å². The molecule has 5 nitrogen and oxygen atoms in total. The van der Waals surface area contributed by atoms with Crippen LogP contribution in [0.2, 0.25) is 5.02 Å². The number of sulfone groups is 1. The van der Waals surface area contributed by atoms with Gasteiger partial charge in [-0.25, -0.2) is 8.42 Å². The van der Waals surface area contributed by atoms with E-state index < -0.39 is 26.5 Å². The van der Waals surface area contributed by atoms with E-state index in [0.717, 1.165) is 0 Å². The molecule has 0 aliphatic heterocycles. The van der Waals surface area contributed by atoms with Crippen LogP contribution in [0.3, 0.4) is 0 Å². The van der Waals surface area contributed by atoms with Crippen LogP contribution < -0.4 is 10.5 Å². The fourth-order valence-corrected chi connectivity index (χ4v) is 5.29. The molecule has 0 unspecified atom stereocenters. The number of hydrogen-bond acceptors (Lipinski definition) is 5. The van der Waals surface area contributed by atoms with Crippen molar-refractivity contribution in [2.45, 2.75) is 21.6 Å². The molecule has 1 fully saturated rings. The molecule has 3 rings (SSSR count). The molecule has 0 bridgehead atoms. The molecule has 2 N–H and O–H groups in total. The van der Waals surface area contributed by atoms with Crippen molar-refractivity contribution < 1.29 is 13.2 Å². The predicted molar refractivity (Wildman–Crippen MR) is 90.7 cm³/mol. The minimum Gasteiger partial charge on any atom is -0.497 e. The highest BCUT2D eigenvalue weighted by Crippen LogP contribution is 2.55. The standard InChI is InChI=1S/C17H15ClN2O3S/c1-23-13-6-2-11(3-7-13)15-16(17(15,20)10-19)24(21,22)14-8-4-12(18)5-9-14/h2-9,15-16H,20H2,1H3/t15-,16-,17-/m1/s1. The van der Waals surface area contributed by atoms with Gasteiger partial charge in [0.05, 0.1) is 18.1 Å². The van der Waals surface area contributed by atoms with Crippen molar-refractivity contribution in [1.82, 2.24) is 0 Å². The van der Waals surface area contributed by atoms with E-state index in [0.29, 0.717) is 16.3 Å². The third kappa shape index (κ3) is 2.55. The summed E-state index contributed by atoms with van der Waals surface area (Å²) in [7, 11) is -2.21. The highest BCUT2D eigenvalue weighted by atomic mass is 35.5. The molecule has 2 aromatic rings. The summed E-state index contributed by atoms with van der Waals surface area (Å²) >= 11 is 5.81. The van der Waals surface area contributed by atoms with E-state index in [-0.39, 0.29) is 4.90 Å². The lowest BCUT2D eigenvalue weighted by atomic mass is 10.1. The number of nitrogens with two attached hydrogens (primary N) is 1. The first-order valence-electron chi connectivity index (χ1n) is 7.18. The number of ether oxygens (including phenoxy) is 1. The Morgan fingerprint density at radius 2 is 1.75 bits per heavy atom. The lowest BCUT2D eigenvalue weighted by Crippen LogP contribution is -2.29. The van der Waals surface area contributed by atoms with E-state index in [1.807, 2.05) is 6.07 Å². The van der Waals surface area contributed by atoms with Gasteiger partial charge in [0.1, 0.15) is 16.5 Å². The first-order chi connectivity index (χ1) is 11.3. The van der Waals surface area contributed by atoms with Crippen molar-refractivity contribution in [3.63, 3.8) is 0 Å². The molecule has 124 valence electrons. The van der Waals surface area contributed by atoms with Gasteiger partial charge in [-0.15, -0.1) is 0 Å². The van der Waals surface area contributed by atoms with Crippen molar-refractivity contribution in [1.29, 1.82) is 5.26 Å². The number of rotatable bonds is 4. The van der Waals surface area contributed by atoms with Gasteiger partial charge in [-0.3, -0.25) is 0 Å². The van der Waals surface area contributed by atoms with Crippen LogP contribution in [0.25, 0.3) is 0 Å². The Hall–Kier alpha value is -2.07. The fraction of sp³-hybridized carbons (Fsp3) is 0.235. The van der Waals surface area contributed by atoms with Crippen molar-refractivity contribution in [2.24, 2.45) is 5.73 Å². The highest BCUT2D eigenvalue weighted by molar-refractivity contribution is 7.92. The van der Waals surface area contributed by atoms with Crippen molar-refractivity contribution in [2.75, 3.05) is 7.11 Å². The monoisotopic (exact) mass is 362 g/mol. The average Bonchev–Trinajstić information content (AvgIpc) is 3.23. The van der Waals surface area contributed by atoms with Gasteiger partial charge in [0.2, 0.25) is 0 Å². The zero-order valence-corrected chi connectivity index (χ0v) is 14.4. The molecule has 24 heavy (non-hydrogen) atoms. The smallest absolute Gasteiger partial charge is 0.184 e. The van der Waals surface area contributed by atoms with E-state index in [9.17, 15) is 13.7 Å². The predicted octanol–water partition coefficient (Wildman–Crippen LogP) is 2.51. The second-order valence-electron chi connectivity index (χ2n) is 5.72. The molecule has 0 spiro atoms.